The summed E-state index contributed by atoms with van der Waals surface area (Å²) in [7, 11) is 1.62. The summed E-state index contributed by atoms with van der Waals surface area (Å²) < 4.78 is 17.2. The normalized spacial score (nSPS) is 14.0. The standard InChI is InChI=1S/C22H23NO4/c1-4-11-23-12-18-19(26-13-23)10-9-17-21(24)20(14(2)27-22(17)18)15-5-7-16(25-3)8-6-15/h5-10H,4,11-13H2,1-3H3. The van der Waals surface area contributed by atoms with Crippen LogP contribution >= 0.6 is 0 Å². The van der Waals surface area contributed by atoms with Gasteiger partial charge in [-0.15, -0.1) is 0 Å². The van der Waals surface area contributed by atoms with Gasteiger partial charge in [-0.1, -0.05) is 19.1 Å². The molecule has 0 bridgehead atoms. The van der Waals surface area contributed by atoms with Gasteiger partial charge in [0.25, 0.3) is 0 Å². The highest BCUT2D eigenvalue weighted by molar-refractivity contribution is 5.86. The highest BCUT2D eigenvalue weighted by Gasteiger charge is 2.23. The van der Waals surface area contributed by atoms with Crippen LogP contribution in [0.1, 0.15) is 24.7 Å². The molecule has 0 unspecified atom stereocenters. The van der Waals surface area contributed by atoms with Crippen molar-refractivity contribution in [1.29, 1.82) is 0 Å². The quantitative estimate of drug-likeness (QED) is 0.688. The maximum Gasteiger partial charge on any atom is 0.200 e. The molecule has 3 aromatic rings. The Balaban J connectivity index is 1.86. The average molecular weight is 365 g/mol. The van der Waals surface area contributed by atoms with Crippen molar-refractivity contribution in [2.75, 3.05) is 20.4 Å². The van der Waals surface area contributed by atoms with Crippen molar-refractivity contribution < 1.29 is 13.9 Å². The van der Waals surface area contributed by atoms with Crippen LogP contribution in [0.4, 0.5) is 0 Å². The van der Waals surface area contributed by atoms with Gasteiger partial charge in [-0.2, -0.15) is 0 Å². The first-order chi connectivity index (χ1) is 13.1. The lowest BCUT2D eigenvalue weighted by Crippen LogP contribution is -2.32. The first-order valence-electron chi connectivity index (χ1n) is 9.21. The lowest BCUT2D eigenvalue weighted by molar-refractivity contribution is 0.0958. The molecule has 1 aromatic heterocycles. The van der Waals surface area contributed by atoms with Crippen LogP contribution in [0, 0.1) is 6.92 Å². The number of fused-ring (bicyclic) bond motifs is 3. The Morgan fingerprint density at radius 2 is 1.93 bits per heavy atom. The molecule has 0 radical (unpaired) electrons. The van der Waals surface area contributed by atoms with Crippen LogP contribution in [-0.2, 0) is 6.54 Å². The molecule has 140 valence electrons. The van der Waals surface area contributed by atoms with Crippen molar-refractivity contribution in [2.24, 2.45) is 0 Å². The molecule has 0 saturated heterocycles. The number of rotatable bonds is 4. The molecule has 0 saturated carbocycles. The predicted molar refractivity (Wildman–Crippen MR) is 105 cm³/mol. The minimum absolute atomic E-state index is 0.0191. The van der Waals surface area contributed by atoms with Crippen molar-refractivity contribution in [2.45, 2.75) is 26.8 Å². The summed E-state index contributed by atoms with van der Waals surface area (Å²) in [4.78, 5) is 15.5. The van der Waals surface area contributed by atoms with E-state index in [2.05, 4.69) is 11.8 Å². The van der Waals surface area contributed by atoms with E-state index in [0.29, 0.717) is 29.0 Å². The molecule has 5 nitrogen and oxygen atoms in total. The van der Waals surface area contributed by atoms with Gasteiger partial charge in [0.05, 0.1) is 23.6 Å². The van der Waals surface area contributed by atoms with E-state index < -0.39 is 0 Å². The first kappa shape index (κ1) is 17.6. The summed E-state index contributed by atoms with van der Waals surface area (Å²) in [5, 5.41) is 0.590. The summed E-state index contributed by atoms with van der Waals surface area (Å²) in [6.45, 7) is 6.23. The van der Waals surface area contributed by atoms with Crippen LogP contribution in [0.2, 0.25) is 0 Å². The largest absolute Gasteiger partial charge is 0.497 e. The number of ether oxygens (including phenoxy) is 2. The first-order valence-corrected chi connectivity index (χ1v) is 9.21. The van der Waals surface area contributed by atoms with Gasteiger partial charge >= 0.3 is 0 Å². The predicted octanol–water partition coefficient (Wildman–Crippen LogP) is 4.34. The van der Waals surface area contributed by atoms with Crippen LogP contribution < -0.4 is 14.9 Å². The Hall–Kier alpha value is -2.79. The minimum atomic E-state index is -0.0191. The van der Waals surface area contributed by atoms with E-state index in [-0.39, 0.29) is 5.43 Å². The molecule has 0 N–H and O–H groups in total. The molecule has 5 heteroatoms. The Morgan fingerprint density at radius 1 is 1.15 bits per heavy atom. The second-order valence-corrected chi connectivity index (χ2v) is 6.84. The van der Waals surface area contributed by atoms with E-state index in [1.807, 2.05) is 43.3 Å². The van der Waals surface area contributed by atoms with Gasteiger partial charge in [-0.25, -0.2) is 0 Å². The summed E-state index contributed by atoms with van der Waals surface area (Å²) in [5.74, 6) is 2.16. The van der Waals surface area contributed by atoms with Crippen LogP contribution in [0.5, 0.6) is 11.5 Å². The van der Waals surface area contributed by atoms with Crippen LogP contribution in [0.15, 0.2) is 45.6 Å². The van der Waals surface area contributed by atoms with Gasteiger partial charge in [-0.3, -0.25) is 9.69 Å². The molecule has 27 heavy (non-hydrogen) atoms. The van der Waals surface area contributed by atoms with E-state index in [0.717, 1.165) is 42.1 Å². The van der Waals surface area contributed by atoms with Gasteiger partial charge < -0.3 is 13.9 Å². The molecule has 0 atom stereocenters. The summed E-state index contributed by atoms with van der Waals surface area (Å²) in [5.41, 5.74) is 2.98. The third-order valence-electron chi connectivity index (χ3n) is 5.00. The summed E-state index contributed by atoms with van der Waals surface area (Å²) in [6, 6.07) is 11.2. The molecule has 2 aromatic carbocycles. The zero-order chi connectivity index (χ0) is 19.0. The maximum absolute atomic E-state index is 13.3. The number of aryl methyl sites for hydroxylation is 1. The second-order valence-electron chi connectivity index (χ2n) is 6.84. The Labute approximate surface area is 158 Å². The number of nitrogens with zero attached hydrogens (tertiary/aromatic N) is 1. The lowest BCUT2D eigenvalue weighted by Gasteiger charge is -2.29. The SMILES string of the molecule is CCCN1COc2ccc3c(=O)c(-c4ccc(OC)cc4)c(C)oc3c2C1. The van der Waals surface area contributed by atoms with Crippen molar-refractivity contribution >= 4 is 11.0 Å². The molecule has 0 fully saturated rings. The molecule has 4 rings (SSSR count). The fourth-order valence-electron chi connectivity index (χ4n) is 3.67. The maximum atomic E-state index is 13.3. The zero-order valence-electron chi connectivity index (χ0n) is 15.9. The van der Waals surface area contributed by atoms with Crippen LogP contribution in [0.3, 0.4) is 0 Å². The van der Waals surface area contributed by atoms with Gasteiger partial charge in [0.15, 0.2) is 0 Å². The van der Waals surface area contributed by atoms with Crippen molar-refractivity contribution in [1.82, 2.24) is 4.90 Å². The molecule has 1 aliphatic rings. The topological polar surface area (TPSA) is 51.9 Å². The average Bonchev–Trinajstić information content (AvgIpc) is 2.69. The molecule has 0 aliphatic carbocycles. The van der Waals surface area contributed by atoms with Gasteiger partial charge in [0, 0.05) is 13.1 Å². The molecule has 0 spiro atoms. The van der Waals surface area contributed by atoms with Gasteiger partial charge in [-0.05, 0) is 43.2 Å². The smallest absolute Gasteiger partial charge is 0.200 e. The van der Waals surface area contributed by atoms with Crippen molar-refractivity contribution in [3.8, 4) is 22.6 Å². The highest BCUT2D eigenvalue weighted by Crippen LogP contribution is 2.34. The Kier molecular flexibility index (Phi) is 4.62. The Bertz CT molecular complexity index is 1040. The van der Waals surface area contributed by atoms with Crippen LogP contribution in [-0.4, -0.2) is 25.3 Å². The van der Waals surface area contributed by atoms with Gasteiger partial charge in [0.2, 0.25) is 5.43 Å². The molecule has 0 amide bonds. The number of hydrogen-bond acceptors (Lipinski definition) is 5. The van der Waals surface area contributed by atoms with E-state index in [9.17, 15) is 4.79 Å². The molecular weight excluding hydrogens is 342 g/mol. The molecule has 1 aliphatic heterocycles. The fraction of sp³-hybridized carbons (Fsp3) is 0.318. The fourth-order valence-corrected chi connectivity index (χ4v) is 3.67. The lowest BCUT2D eigenvalue weighted by atomic mass is 10.0. The minimum Gasteiger partial charge on any atom is -0.497 e. The zero-order valence-corrected chi connectivity index (χ0v) is 15.9. The van der Waals surface area contributed by atoms with E-state index in [1.54, 1.807) is 7.11 Å². The monoisotopic (exact) mass is 365 g/mol. The van der Waals surface area contributed by atoms with Crippen molar-refractivity contribution in [3.05, 3.63) is 57.9 Å². The van der Waals surface area contributed by atoms with E-state index in [1.165, 1.54) is 0 Å². The van der Waals surface area contributed by atoms with Crippen molar-refractivity contribution in [3.63, 3.8) is 0 Å². The Morgan fingerprint density at radius 3 is 2.63 bits per heavy atom. The highest BCUT2D eigenvalue weighted by atomic mass is 16.5. The van der Waals surface area contributed by atoms with E-state index in [4.69, 9.17) is 13.9 Å². The number of benzene rings is 2. The number of hydrogen-bond donors (Lipinski definition) is 0. The summed E-state index contributed by atoms with van der Waals surface area (Å²) in [6.07, 6.45) is 1.05. The third-order valence-corrected chi connectivity index (χ3v) is 5.00. The third kappa shape index (κ3) is 3.08. The number of methoxy groups -OCH3 is 1. The van der Waals surface area contributed by atoms with Crippen LogP contribution in [0.25, 0.3) is 22.1 Å². The second kappa shape index (κ2) is 7.08. The molecular formula is C22H23NO4. The van der Waals surface area contributed by atoms with Gasteiger partial charge in [0.1, 0.15) is 29.6 Å². The summed E-state index contributed by atoms with van der Waals surface area (Å²) >= 11 is 0. The molecule has 2 heterocycles. The van der Waals surface area contributed by atoms with E-state index >= 15 is 0 Å².